The summed E-state index contributed by atoms with van der Waals surface area (Å²) in [6.07, 6.45) is 19.8. The molecule has 0 bridgehead atoms. The molecule has 1 atom stereocenters. The van der Waals surface area contributed by atoms with Crippen LogP contribution in [0.2, 0.25) is 35.2 Å². The molecule has 1 fully saturated rings. The van der Waals surface area contributed by atoms with Crippen molar-refractivity contribution in [1.82, 2.24) is 60.0 Å². The summed E-state index contributed by atoms with van der Waals surface area (Å²) < 4.78 is 9.27. The summed E-state index contributed by atoms with van der Waals surface area (Å²) in [4.78, 5) is 43.7. The number of aromatic amines is 2. The molecule has 1 aliphatic heterocycles. The van der Waals surface area contributed by atoms with Gasteiger partial charge in [0.05, 0.1) is 74.8 Å². The molecule has 0 radical (unpaired) electrons. The lowest BCUT2D eigenvalue weighted by atomic mass is 10.1. The molecule has 1 saturated heterocycles. The van der Waals surface area contributed by atoms with Crippen molar-refractivity contribution in [2.75, 3.05) is 13.1 Å². The molecule has 0 saturated carbocycles. The Labute approximate surface area is 422 Å². The molecule has 15 nitrogen and oxygen atoms in total. The van der Waals surface area contributed by atoms with E-state index in [1.807, 2.05) is 25.5 Å². The van der Waals surface area contributed by atoms with Crippen LogP contribution in [0, 0.1) is 7.40 Å². The number of fused-ring (bicyclic) bond motifs is 3. The van der Waals surface area contributed by atoms with Crippen LogP contribution in [0.1, 0.15) is 50.0 Å². The first kappa shape index (κ1) is 50.6. The summed E-state index contributed by atoms with van der Waals surface area (Å²) in [6, 6.07) is 1.72. The van der Waals surface area contributed by atoms with Crippen LogP contribution in [0.3, 0.4) is 0 Å². The summed E-state index contributed by atoms with van der Waals surface area (Å²) in [5.74, 6) is 0. The van der Waals surface area contributed by atoms with Crippen LogP contribution in [0.5, 0.6) is 0 Å². The second-order valence-corrected chi connectivity index (χ2v) is 18.8. The van der Waals surface area contributed by atoms with Crippen LogP contribution in [0.15, 0.2) is 74.2 Å². The van der Waals surface area contributed by atoms with Crippen LogP contribution in [-0.4, -0.2) is 91.1 Å². The molecule has 0 spiro atoms. The Morgan fingerprint density at radius 2 is 1.43 bits per heavy atom. The van der Waals surface area contributed by atoms with Crippen molar-refractivity contribution in [3.63, 3.8) is 0 Å². The highest BCUT2D eigenvalue weighted by Crippen LogP contribution is 2.32. The van der Waals surface area contributed by atoms with E-state index in [-0.39, 0.29) is 17.2 Å². The minimum atomic E-state index is -0.493. The lowest BCUT2D eigenvalue weighted by Crippen LogP contribution is -2.43. The largest absolute Gasteiger partial charge is 0.444 e. The fourth-order valence-electron chi connectivity index (χ4n) is 5.50. The maximum absolute atomic E-state index is 12.4. The third-order valence-corrected chi connectivity index (χ3v) is 12.3. The van der Waals surface area contributed by atoms with Crippen molar-refractivity contribution in [2.24, 2.45) is 0 Å². The highest BCUT2D eigenvalue weighted by Gasteiger charge is 2.30. The zero-order valence-corrected chi connectivity index (χ0v) is 42.6. The van der Waals surface area contributed by atoms with Crippen molar-refractivity contribution >= 4 is 171 Å². The molecule has 8 aromatic heterocycles. The van der Waals surface area contributed by atoms with Crippen molar-refractivity contribution in [2.45, 2.75) is 45.3 Å². The van der Waals surface area contributed by atoms with Gasteiger partial charge in [-0.05, 0) is 84.9 Å². The van der Waals surface area contributed by atoms with Gasteiger partial charge in [-0.15, -0.1) is 0 Å². The maximum atomic E-state index is 12.4. The van der Waals surface area contributed by atoms with Crippen LogP contribution >= 0.6 is 126 Å². The van der Waals surface area contributed by atoms with Crippen LogP contribution in [0.25, 0.3) is 32.7 Å². The van der Waals surface area contributed by atoms with Gasteiger partial charge in [0.25, 0.3) is 0 Å². The third-order valence-electron chi connectivity index (χ3n) is 8.31. The van der Waals surface area contributed by atoms with Crippen molar-refractivity contribution in [1.29, 1.82) is 0 Å². The smallest absolute Gasteiger partial charge is 0.410 e. The Morgan fingerprint density at radius 1 is 0.778 bits per heavy atom. The molecule has 8 aromatic rings. The van der Waals surface area contributed by atoms with Crippen molar-refractivity contribution < 1.29 is 14.3 Å². The number of hydrogen-bond donors (Lipinski definition) is 2. The number of carbonyl (C=O) groups excluding carboxylic acids is 2. The number of rotatable bonds is 2. The lowest BCUT2D eigenvalue weighted by Gasteiger charge is -2.34. The zero-order valence-electron chi connectivity index (χ0n) is 33.0. The number of nitrogens with zero attached hydrogens (tertiary/aromatic N) is 10. The van der Waals surface area contributed by atoms with Gasteiger partial charge in [0.15, 0.2) is 6.29 Å². The average Bonchev–Trinajstić information content (AvgIpc) is 3.99. The zero-order chi connectivity index (χ0) is 45.8. The van der Waals surface area contributed by atoms with Gasteiger partial charge in [-0.2, -0.15) is 15.3 Å². The van der Waals surface area contributed by atoms with Gasteiger partial charge in [0.2, 0.25) is 0 Å². The highest BCUT2D eigenvalue weighted by atomic mass is 127. The molecule has 63 heavy (non-hydrogen) atoms. The second-order valence-electron chi connectivity index (χ2n) is 13.9. The van der Waals surface area contributed by atoms with Gasteiger partial charge >= 0.3 is 6.09 Å². The van der Waals surface area contributed by atoms with E-state index < -0.39 is 5.60 Å². The number of hydrogen-bond acceptors (Lipinski definition) is 11. The monoisotopic (exact) mass is 1220 g/mol. The number of pyridine rings is 5. The van der Waals surface area contributed by atoms with E-state index in [1.165, 1.54) is 18.6 Å². The first-order chi connectivity index (χ1) is 30.0. The molecular weight excluding hydrogens is 1190 g/mol. The molecule has 2 N–H and O–H groups in total. The molecule has 0 unspecified atom stereocenters. The fraction of sp³-hybridized carbons (Fsp3) is 0.231. The highest BCUT2D eigenvalue weighted by molar-refractivity contribution is 14.1. The van der Waals surface area contributed by atoms with Crippen LogP contribution in [-0.2, 0) is 4.74 Å². The number of likely N-dealkylation sites (tertiary alicyclic amines) is 1. The van der Waals surface area contributed by atoms with Gasteiger partial charge in [-0.1, -0.05) is 81.2 Å². The Balaban J connectivity index is 0.000000161. The summed E-state index contributed by atoms with van der Waals surface area (Å²) in [5, 5.41) is 24.3. The number of ether oxygens (including phenoxy) is 1. The topological polar surface area (TPSA) is 186 Å². The van der Waals surface area contributed by atoms with Crippen molar-refractivity contribution in [3.05, 3.63) is 122 Å². The Kier molecular flexibility index (Phi) is 19.0. The molecule has 1 aliphatic rings. The van der Waals surface area contributed by atoms with E-state index >= 15 is 0 Å². The summed E-state index contributed by atoms with van der Waals surface area (Å²) in [6.45, 7) is 6.91. The maximum Gasteiger partial charge on any atom is 0.410 e. The van der Waals surface area contributed by atoms with E-state index in [9.17, 15) is 9.59 Å². The molecular formula is C39H33Cl7I2N12O3. The summed E-state index contributed by atoms with van der Waals surface area (Å²) >= 11 is 44.5. The normalized spacial score (nSPS) is 13.4. The predicted octanol–water partition coefficient (Wildman–Crippen LogP) is 12.7. The Bertz CT molecular complexity index is 2800. The number of H-pyrrole nitrogens is 2. The third kappa shape index (κ3) is 14.0. The average molecular weight is 1220 g/mol. The minimum Gasteiger partial charge on any atom is -0.444 e. The number of piperidine rings is 1. The molecule has 330 valence electrons. The van der Waals surface area contributed by atoms with Crippen molar-refractivity contribution in [3.8, 4) is 0 Å². The summed E-state index contributed by atoms with van der Waals surface area (Å²) in [7, 11) is 0. The van der Waals surface area contributed by atoms with E-state index in [2.05, 4.69) is 95.6 Å². The minimum absolute atomic E-state index is 0.0807. The summed E-state index contributed by atoms with van der Waals surface area (Å²) in [5.41, 5.74) is 2.33. The molecule has 0 aliphatic carbocycles. The standard InChI is InChI=1S/C16H20ClIN4O2.C6H3Cl2NO.C6H3ClIN3.C6H4ClN3.C5H3Cl2N/c1-16(2,3)24-15(23)21-6-4-5-10(9-21)22-13-11(14(18)20-22)7-19-8-12(13)17;7-5-2-9-1-4(3-10)6(5)8;7-4-2-9-1-3-5(4)10-11-6(3)8;7-5-3-8-1-4-2-9-10-6(4)5;6-4-1-2-8-3-5(4)7/h7-8,10H,4-6,9H2,1-3H3;1-3H;1-2H,(H,10,11);1-3H,(H,9,10);1-3H/t10-;;;;/m1..../s1. The van der Waals surface area contributed by atoms with Gasteiger partial charge < -0.3 is 9.64 Å². The molecule has 0 aromatic carbocycles. The number of carbonyl (C=O) groups is 2. The SMILES string of the molecule is CC(C)(C)OC(=O)N1CCC[C@@H](n2nc(I)c3cncc(Cl)c32)C1.Clc1ccncc1Cl.Clc1cncc2c(I)[nH]nc12.Clc1cncc2cn[nH]c12.O=Cc1cncc(Cl)c1Cl. The number of nitrogens with one attached hydrogen (secondary N) is 2. The molecule has 9 rings (SSSR count). The predicted molar refractivity (Wildman–Crippen MR) is 266 cm³/mol. The second kappa shape index (κ2) is 23.7. The molecule has 9 heterocycles. The number of halogens is 9. The van der Waals surface area contributed by atoms with E-state index in [4.69, 9.17) is 85.9 Å². The molecule has 24 heteroatoms. The van der Waals surface area contributed by atoms with Gasteiger partial charge in [-0.3, -0.25) is 44.6 Å². The van der Waals surface area contributed by atoms with Gasteiger partial charge in [0.1, 0.15) is 18.5 Å². The first-order valence-electron chi connectivity index (χ1n) is 18.2. The number of aldehydes is 1. The van der Waals surface area contributed by atoms with E-state index in [0.717, 1.165) is 53.0 Å². The lowest BCUT2D eigenvalue weighted by molar-refractivity contribution is 0.0169. The Hall–Kier alpha value is -3.41. The van der Waals surface area contributed by atoms with E-state index in [1.54, 1.807) is 60.5 Å². The number of amides is 1. The quantitative estimate of drug-likeness (QED) is 0.124. The molecule has 1 amide bonds. The van der Waals surface area contributed by atoms with Gasteiger partial charge in [-0.25, -0.2) is 4.79 Å². The van der Waals surface area contributed by atoms with Crippen LogP contribution < -0.4 is 0 Å². The Morgan fingerprint density at radius 3 is 2.06 bits per heavy atom. The fourth-order valence-corrected chi connectivity index (χ4v) is 7.82. The number of aromatic nitrogens is 11. The van der Waals surface area contributed by atoms with Crippen LogP contribution in [0.4, 0.5) is 4.79 Å². The first-order valence-corrected chi connectivity index (χ1v) is 23.0. The van der Waals surface area contributed by atoms with Gasteiger partial charge in [0, 0.05) is 80.4 Å². The van der Waals surface area contributed by atoms with E-state index in [0.29, 0.717) is 55.1 Å².